The highest BCUT2D eigenvalue weighted by molar-refractivity contribution is 5.57. The molecule has 0 unspecified atom stereocenters. The Labute approximate surface area is 66.0 Å². The van der Waals surface area contributed by atoms with E-state index >= 15 is 0 Å². The Bertz CT molecular complexity index is 283. The summed E-state index contributed by atoms with van der Waals surface area (Å²) in [5, 5.41) is 10.7. The van der Waals surface area contributed by atoms with Gasteiger partial charge in [-0.15, -0.1) is 0 Å². The second kappa shape index (κ2) is 2.24. The molecule has 11 heavy (non-hydrogen) atoms. The summed E-state index contributed by atoms with van der Waals surface area (Å²) in [6.07, 6.45) is 0.964. The third kappa shape index (κ3) is 0.994. The number of fused-ring (bicyclic) bond motifs is 1. The Morgan fingerprint density at radius 1 is 1.45 bits per heavy atom. The number of rotatable bonds is 0. The SMILES string of the molecule is Cc1ccc2c(c1)N(O)CC2. The van der Waals surface area contributed by atoms with Gasteiger partial charge < -0.3 is 0 Å². The van der Waals surface area contributed by atoms with E-state index in [1.165, 1.54) is 16.2 Å². The maximum Gasteiger partial charge on any atom is 0.0669 e. The maximum atomic E-state index is 9.34. The third-order valence-electron chi connectivity index (χ3n) is 2.11. The van der Waals surface area contributed by atoms with Crippen LogP contribution in [0, 0.1) is 6.92 Å². The zero-order chi connectivity index (χ0) is 7.84. The van der Waals surface area contributed by atoms with Gasteiger partial charge in [0.2, 0.25) is 0 Å². The van der Waals surface area contributed by atoms with Gasteiger partial charge in [0.15, 0.2) is 0 Å². The number of hydrogen-bond acceptors (Lipinski definition) is 2. The summed E-state index contributed by atoms with van der Waals surface area (Å²) < 4.78 is 0. The molecule has 1 N–H and O–H groups in total. The number of anilines is 1. The summed E-state index contributed by atoms with van der Waals surface area (Å²) >= 11 is 0. The van der Waals surface area contributed by atoms with Gasteiger partial charge in [-0.05, 0) is 30.5 Å². The van der Waals surface area contributed by atoms with Gasteiger partial charge in [-0.1, -0.05) is 12.1 Å². The molecule has 0 atom stereocenters. The molecular weight excluding hydrogens is 138 g/mol. The van der Waals surface area contributed by atoms with E-state index in [0.717, 1.165) is 18.7 Å². The van der Waals surface area contributed by atoms with Crippen molar-refractivity contribution < 1.29 is 5.21 Å². The van der Waals surface area contributed by atoms with E-state index in [-0.39, 0.29) is 0 Å². The van der Waals surface area contributed by atoms with Crippen LogP contribution in [0.2, 0.25) is 0 Å². The summed E-state index contributed by atoms with van der Waals surface area (Å²) in [7, 11) is 0. The van der Waals surface area contributed by atoms with Crippen LogP contribution < -0.4 is 5.06 Å². The number of benzene rings is 1. The second-order valence-corrected chi connectivity index (χ2v) is 3.01. The van der Waals surface area contributed by atoms with Gasteiger partial charge in [0.25, 0.3) is 0 Å². The van der Waals surface area contributed by atoms with E-state index in [1.54, 1.807) is 0 Å². The average molecular weight is 149 g/mol. The van der Waals surface area contributed by atoms with Crippen LogP contribution in [0.1, 0.15) is 11.1 Å². The zero-order valence-corrected chi connectivity index (χ0v) is 6.54. The molecule has 1 aromatic rings. The zero-order valence-electron chi connectivity index (χ0n) is 6.54. The first-order valence-electron chi connectivity index (χ1n) is 3.83. The average Bonchev–Trinajstić information content (AvgIpc) is 2.33. The van der Waals surface area contributed by atoms with E-state index in [4.69, 9.17) is 0 Å². The molecule has 0 radical (unpaired) electrons. The molecule has 0 spiro atoms. The normalized spacial score (nSPS) is 15.3. The molecular formula is C9H11NO. The standard InChI is InChI=1S/C9H11NO/c1-7-2-3-8-4-5-10(11)9(8)6-7/h2-3,6,11H,4-5H2,1H3. The minimum atomic E-state index is 0.735. The lowest BCUT2D eigenvalue weighted by Gasteiger charge is -2.09. The number of nitrogens with zero attached hydrogens (tertiary/aromatic N) is 1. The molecule has 0 aromatic heterocycles. The van der Waals surface area contributed by atoms with Crippen LogP contribution in [0.5, 0.6) is 0 Å². The highest BCUT2D eigenvalue weighted by Gasteiger charge is 2.16. The maximum absolute atomic E-state index is 9.34. The van der Waals surface area contributed by atoms with E-state index in [0.29, 0.717) is 0 Å². The molecule has 2 rings (SSSR count). The van der Waals surface area contributed by atoms with Crippen molar-refractivity contribution in [3.8, 4) is 0 Å². The number of hydrogen-bond donors (Lipinski definition) is 1. The quantitative estimate of drug-likeness (QED) is 0.607. The monoisotopic (exact) mass is 149 g/mol. The van der Waals surface area contributed by atoms with Crippen LogP contribution in [0.25, 0.3) is 0 Å². The Kier molecular flexibility index (Phi) is 1.36. The van der Waals surface area contributed by atoms with Gasteiger partial charge >= 0.3 is 0 Å². The number of aryl methyl sites for hydroxylation is 1. The van der Waals surface area contributed by atoms with Crippen molar-refractivity contribution in [3.63, 3.8) is 0 Å². The molecule has 0 amide bonds. The van der Waals surface area contributed by atoms with Crippen LogP contribution >= 0.6 is 0 Å². The van der Waals surface area contributed by atoms with E-state index in [2.05, 4.69) is 12.1 Å². The Balaban J connectivity index is 2.52. The van der Waals surface area contributed by atoms with Crippen LogP contribution in [-0.4, -0.2) is 11.8 Å². The summed E-state index contributed by atoms with van der Waals surface area (Å²) in [5.41, 5.74) is 3.42. The second-order valence-electron chi connectivity index (χ2n) is 3.01. The molecule has 0 aliphatic carbocycles. The van der Waals surface area contributed by atoms with Crippen molar-refractivity contribution in [1.82, 2.24) is 0 Å². The van der Waals surface area contributed by atoms with Crippen LogP contribution in [0.4, 0.5) is 5.69 Å². The molecule has 1 heterocycles. The molecule has 58 valence electrons. The summed E-state index contributed by atoms with van der Waals surface area (Å²) in [6, 6.07) is 6.18. The molecule has 1 aliphatic rings. The van der Waals surface area contributed by atoms with Crippen molar-refractivity contribution in [3.05, 3.63) is 29.3 Å². The molecule has 0 bridgehead atoms. The highest BCUT2D eigenvalue weighted by atomic mass is 16.5. The van der Waals surface area contributed by atoms with Crippen LogP contribution in [0.3, 0.4) is 0 Å². The fourth-order valence-corrected chi connectivity index (χ4v) is 1.47. The van der Waals surface area contributed by atoms with Gasteiger partial charge in [0.1, 0.15) is 0 Å². The first-order valence-corrected chi connectivity index (χ1v) is 3.83. The predicted molar refractivity (Wildman–Crippen MR) is 44.0 cm³/mol. The van der Waals surface area contributed by atoms with Crippen molar-refractivity contribution in [2.45, 2.75) is 13.3 Å². The lowest BCUT2D eigenvalue weighted by molar-refractivity contribution is 0.264. The van der Waals surface area contributed by atoms with Crippen LogP contribution in [-0.2, 0) is 6.42 Å². The lowest BCUT2D eigenvalue weighted by Crippen LogP contribution is -2.13. The minimum absolute atomic E-state index is 0.735. The van der Waals surface area contributed by atoms with Crippen molar-refractivity contribution in [1.29, 1.82) is 0 Å². The Morgan fingerprint density at radius 3 is 3.09 bits per heavy atom. The van der Waals surface area contributed by atoms with E-state index in [9.17, 15) is 5.21 Å². The summed E-state index contributed by atoms with van der Waals surface area (Å²) in [6.45, 7) is 2.77. The fraction of sp³-hybridized carbons (Fsp3) is 0.333. The van der Waals surface area contributed by atoms with Gasteiger partial charge in [-0.2, -0.15) is 0 Å². The number of hydroxylamine groups is 1. The molecule has 0 fully saturated rings. The van der Waals surface area contributed by atoms with Gasteiger partial charge in [-0.25, -0.2) is 0 Å². The molecule has 0 saturated heterocycles. The highest BCUT2D eigenvalue weighted by Crippen LogP contribution is 2.26. The molecule has 1 aliphatic heterocycles. The Hall–Kier alpha value is -1.02. The fourth-order valence-electron chi connectivity index (χ4n) is 1.47. The third-order valence-corrected chi connectivity index (χ3v) is 2.11. The molecule has 1 aromatic carbocycles. The van der Waals surface area contributed by atoms with Crippen molar-refractivity contribution in [2.75, 3.05) is 11.6 Å². The Morgan fingerprint density at radius 2 is 2.27 bits per heavy atom. The van der Waals surface area contributed by atoms with Crippen LogP contribution in [0.15, 0.2) is 18.2 Å². The van der Waals surface area contributed by atoms with E-state index < -0.39 is 0 Å². The summed E-state index contributed by atoms with van der Waals surface area (Å²) in [5.74, 6) is 0. The topological polar surface area (TPSA) is 23.5 Å². The predicted octanol–water partition coefficient (Wildman–Crippen LogP) is 1.75. The minimum Gasteiger partial charge on any atom is -0.288 e. The van der Waals surface area contributed by atoms with Crippen molar-refractivity contribution >= 4 is 5.69 Å². The molecule has 0 saturated carbocycles. The molecule has 2 heteroatoms. The summed E-state index contributed by atoms with van der Waals surface area (Å²) in [4.78, 5) is 0. The smallest absolute Gasteiger partial charge is 0.0669 e. The van der Waals surface area contributed by atoms with Gasteiger partial charge in [-0.3, -0.25) is 10.3 Å². The van der Waals surface area contributed by atoms with Crippen molar-refractivity contribution in [2.24, 2.45) is 0 Å². The first-order chi connectivity index (χ1) is 5.27. The lowest BCUT2D eigenvalue weighted by atomic mass is 10.1. The largest absolute Gasteiger partial charge is 0.288 e. The van der Waals surface area contributed by atoms with Gasteiger partial charge in [0, 0.05) is 6.54 Å². The van der Waals surface area contributed by atoms with Gasteiger partial charge in [0.05, 0.1) is 5.69 Å². The first kappa shape index (κ1) is 6.68. The molecule has 2 nitrogen and oxygen atoms in total. The van der Waals surface area contributed by atoms with E-state index in [1.807, 2.05) is 13.0 Å².